The average molecular weight is 307 g/mol. The SMILES string of the molecule is CCNC(=NCc1ccon1)N1CCC(CN(CC)CC)C1. The van der Waals surface area contributed by atoms with Crippen LogP contribution in [0.5, 0.6) is 0 Å². The molecule has 0 amide bonds. The lowest BCUT2D eigenvalue weighted by molar-refractivity contribution is 0.255. The fourth-order valence-electron chi connectivity index (χ4n) is 2.92. The molecule has 0 aromatic carbocycles. The van der Waals surface area contributed by atoms with Gasteiger partial charge in [0.15, 0.2) is 5.96 Å². The molecule has 2 heterocycles. The molecule has 2 rings (SSSR count). The maximum Gasteiger partial charge on any atom is 0.194 e. The van der Waals surface area contributed by atoms with E-state index >= 15 is 0 Å². The Morgan fingerprint density at radius 1 is 1.45 bits per heavy atom. The van der Waals surface area contributed by atoms with Crippen LogP contribution in [0, 0.1) is 5.92 Å². The van der Waals surface area contributed by atoms with Gasteiger partial charge in [0, 0.05) is 32.2 Å². The second kappa shape index (κ2) is 8.78. The van der Waals surface area contributed by atoms with E-state index in [1.54, 1.807) is 6.26 Å². The van der Waals surface area contributed by atoms with Crippen molar-refractivity contribution in [1.82, 2.24) is 20.3 Å². The van der Waals surface area contributed by atoms with Gasteiger partial charge < -0.3 is 19.6 Å². The molecule has 0 radical (unpaired) electrons. The number of hydrogen-bond donors (Lipinski definition) is 1. The van der Waals surface area contributed by atoms with Crippen molar-refractivity contribution in [3.05, 3.63) is 18.0 Å². The highest BCUT2D eigenvalue weighted by Crippen LogP contribution is 2.17. The summed E-state index contributed by atoms with van der Waals surface area (Å²) in [5.74, 6) is 1.73. The van der Waals surface area contributed by atoms with Crippen LogP contribution in [0.1, 0.15) is 32.9 Å². The second-order valence-corrected chi connectivity index (χ2v) is 5.75. The molecule has 1 N–H and O–H groups in total. The monoisotopic (exact) mass is 307 g/mol. The molecule has 1 unspecified atom stereocenters. The maximum absolute atomic E-state index is 4.86. The summed E-state index contributed by atoms with van der Waals surface area (Å²) in [5, 5.41) is 7.31. The molecule has 0 saturated carbocycles. The normalized spacial score (nSPS) is 19.2. The quantitative estimate of drug-likeness (QED) is 0.615. The molecule has 6 nitrogen and oxygen atoms in total. The minimum atomic E-state index is 0.566. The molecule has 124 valence electrons. The molecule has 6 heteroatoms. The highest BCUT2D eigenvalue weighted by molar-refractivity contribution is 5.80. The van der Waals surface area contributed by atoms with Gasteiger partial charge >= 0.3 is 0 Å². The number of guanidine groups is 1. The minimum absolute atomic E-state index is 0.566. The number of aromatic nitrogens is 1. The molecule has 1 aliphatic heterocycles. The molecule has 1 saturated heterocycles. The van der Waals surface area contributed by atoms with Gasteiger partial charge in [0.05, 0.1) is 6.54 Å². The minimum Gasteiger partial charge on any atom is -0.364 e. The van der Waals surface area contributed by atoms with Gasteiger partial charge in [-0.1, -0.05) is 19.0 Å². The van der Waals surface area contributed by atoms with E-state index in [-0.39, 0.29) is 0 Å². The van der Waals surface area contributed by atoms with Gasteiger partial charge in [0.1, 0.15) is 12.0 Å². The van der Waals surface area contributed by atoms with E-state index in [1.807, 2.05) is 6.07 Å². The summed E-state index contributed by atoms with van der Waals surface area (Å²) in [4.78, 5) is 9.57. The first-order valence-corrected chi connectivity index (χ1v) is 8.41. The Bertz CT molecular complexity index is 441. The lowest BCUT2D eigenvalue weighted by Gasteiger charge is -2.24. The van der Waals surface area contributed by atoms with E-state index in [4.69, 9.17) is 4.52 Å². The smallest absolute Gasteiger partial charge is 0.194 e. The first-order chi connectivity index (χ1) is 10.8. The molecule has 0 spiro atoms. The largest absolute Gasteiger partial charge is 0.364 e. The lowest BCUT2D eigenvalue weighted by atomic mass is 10.1. The first-order valence-electron chi connectivity index (χ1n) is 8.41. The van der Waals surface area contributed by atoms with Crippen molar-refractivity contribution in [3.63, 3.8) is 0 Å². The molecular formula is C16H29N5O. The van der Waals surface area contributed by atoms with Crippen LogP contribution in [0.3, 0.4) is 0 Å². The third-order valence-corrected chi connectivity index (χ3v) is 4.21. The Morgan fingerprint density at radius 2 is 2.27 bits per heavy atom. The Kier molecular flexibility index (Phi) is 6.71. The summed E-state index contributed by atoms with van der Waals surface area (Å²) in [6, 6.07) is 1.86. The van der Waals surface area contributed by atoms with Gasteiger partial charge in [-0.15, -0.1) is 0 Å². The van der Waals surface area contributed by atoms with Crippen molar-refractivity contribution in [3.8, 4) is 0 Å². The van der Waals surface area contributed by atoms with Crippen LogP contribution in [-0.2, 0) is 6.54 Å². The maximum atomic E-state index is 4.86. The van der Waals surface area contributed by atoms with Crippen LogP contribution in [0.25, 0.3) is 0 Å². The fourth-order valence-corrected chi connectivity index (χ4v) is 2.92. The van der Waals surface area contributed by atoms with Crippen LogP contribution in [0.15, 0.2) is 21.8 Å². The molecule has 1 aliphatic rings. The van der Waals surface area contributed by atoms with Gasteiger partial charge in [-0.25, -0.2) is 4.99 Å². The van der Waals surface area contributed by atoms with Gasteiger partial charge in [0.25, 0.3) is 0 Å². The fraction of sp³-hybridized carbons (Fsp3) is 0.750. The molecule has 1 aromatic rings. The standard InChI is InChI=1S/C16H29N5O/c1-4-17-16(18-11-15-8-10-22-19-15)21-9-7-14(13-21)12-20(5-2)6-3/h8,10,14H,4-7,9,11-13H2,1-3H3,(H,17,18). The van der Waals surface area contributed by atoms with E-state index in [0.717, 1.165) is 50.3 Å². The number of hydrogen-bond acceptors (Lipinski definition) is 4. The third-order valence-electron chi connectivity index (χ3n) is 4.21. The lowest BCUT2D eigenvalue weighted by Crippen LogP contribution is -2.40. The predicted octanol–water partition coefficient (Wildman–Crippen LogP) is 1.80. The van der Waals surface area contributed by atoms with Crippen LogP contribution < -0.4 is 5.32 Å². The van der Waals surface area contributed by atoms with E-state index in [2.05, 4.69) is 46.0 Å². The number of nitrogens with zero attached hydrogens (tertiary/aromatic N) is 4. The van der Waals surface area contributed by atoms with E-state index in [0.29, 0.717) is 6.54 Å². The zero-order valence-electron chi connectivity index (χ0n) is 14.1. The topological polar surface area (TPSA) is 56.9 Å². The molecule has 1 fully saturated rings. The summed E-state index contributed by atoms with van der Waals surface area (Å²) in [6.07, 6.45) is 2.83. The average Bonchev–Trinajstić information content (AvgIpc) is 3.20. The van der Waals surface area contributed by atoms with Gasteiger partial charge in [-0.05, 0) is 32.4 Å². The molecule has 0 bridgehead atoms. The number of rotatable bonds is 7. The Hall–Kier alpha value is -1.56. The van der Waals surface area contributed by atoms with E-state index in [1.165, 1.54) is 13.0 Å². The van der Waals surface area contributed by atoms with Crippen molar-refractivity contribution >= 4 is 5.96 Å². The third kappa shape index (κ3) is 4.73. The van der Waals surface area contributed by atoms with E-state index < -0.39 is 0 Å². The summed E-state index contributed by atoms with van der Waals surface area (Å²) in [6.45, 7) is 13.6. The summed E-state index contributed by atoms with van der Waals surface area (Å²) in [7, 11) is 0. The van der Waals surface area contributed by atoms with Crippen molar-refractivity contribution in [2.45, 2.75) is 33.7 Å². The highest BCUT2D eigenvalue weighted by Gasteiger charge is 2.25. The number of nitrogens with one attached hydrogen (secondary N) is 1. The van der Waals surface area contributed by atoms with Gasteiger partial charge in [0.2, 0.25) is 0 Å². The van der Waals surface area contributed by atoms with Crippen molar-refractivity contribution in [2.24, 2.45) is 10.9 Å². The molecule has 1 atom stereocenters. The zero-order valence-corrected chi connectivity index (χ0v) is 14.1. The van der Waals surface area contributed by atoms with Crippen LogP contribution in [0.2, 0.25) is 0 Å². The Balaban J connectivity index is 1.90. The highest BCUT2D eigenvalue weighted by atomic mass is 16.5. The Morgan fingerprint density at radius 3 is 2.91 bits per heavy atom. The van der Waals surface area contributed by atoms with Crippen LogP contribution >= 0.6 is 0 Å². The first kappa shape index (κ1) is 16.8. The van der Waals surface area contributed by atoms with Crippen molar-refractivity contribution in [2.75, 3.05) is 39.3 Å². The summed E-state index contributed by atoms with van der Waals surface area (Å²) >= 11 is 0. The Labute approximate surface area is 133 Å². The van der Waals surface area contributed by atoms with Crippen molar-refractivity contribution in [1.29, 1.82) is 0 Å². The summed E-state index contributed by atoms with van der Waals surface area (Å²) in [5.41, 5.74) is 0.870. The van der Waals surface area contributed by atoms with Crippen LogP contribution in [0.4, 0.5) is 0 Å². The van der Waals surface area contributed by atoms with Crippen LogP contribution in [-0.4, -0.2) is 60.2 Å². The van der Waals surface area contributed by atoms with Gasteiger partial charge in [-0.3, -0.25) is 0 Å². The van der Waals surface area contributed by atoms with E-state index in [9.17, 15) is 0 Å². The van der Waals surface area contributed by atoms with Gasteiger partial charge in [-0.2, -0.15) is 0 Å². The zero-order chi connectivity index (χ0) is 15.8. The summed E-state index contributed by atoms with van der Waals surface area (Å²) < 4.78 is 4.86. The molecule has 0 aliphatic carbocycles. The number of likely N-dealkylation sites (tertiary alicyclic amines) is 1. The molecule has 1 aromatic heterocycles. The van der Waals surface area contributed by atoms with Crippen molar-refractivity contribution < 1.29 is 4.52 Å². The predicted molar refractivity (Wildman–Crippen MR) is 88.8 cm³/mol. The molecular weight excluding hydrogens is 278 g/mol. The molecule has 22 heavy (non-hydrogen) atoms. The second-order valence-electron chi connectivity index (χ2n) is 5.75. The number of aliphatic imine (C=N–C) groups is 1.